The molecule has 7 nitrogen and oxygen atoms in total. The first-order chi connectivity index (χ1) is 12.3. The maximum Gasteiger partial charge on any atom is 0.254 e. The van der Waals surface area contributed by atoms with E-state index in [-0.39, 0.29) is 5.91 Å². The molecule has 1 unspecified atom stereocenters. The van der Waals surface area contributed by atoms with Crippen molar-refractivity contribution in [3.63, 3.8) is 0 Å². The second-order valence-corrected chi connectivity index (χ2v) is 6.68. The van der Waals surface area contributed by atoms with E-state index in [0.717, 1.165) is 45.7 Å². The highest BCUT2D eigenvalue weighted by Crippen LogP contribution is 2.40. The van der Waals surface area contributed by atoms with Crippen molar-refractivity contribution >= 4 is 5.91 Å². The van der Waals surface area contributed by atoms with Gasteiger partial charge in [0, 0.05) is 50.9 Å². The summed E-state index contributed by atoms with van der Waals surface area (Å²) in [6, 6.07) is 4.00. The molecule has 25 heavy (non-hydrogen) atoms. The number of likely N-dealkylation sites (tertiary alicyclic amines) is 1. The van der Waals surface area contributed by atoms with Gasteiger partial charge in [0.1, 0.15) is 13.2 Å². The van der Waals surface area contributed by atoms with Crippen LogP contribution in [0.15, 0.2) is 12.1 Å². The van der Waals surface area contributed by atoms with E-state index in [4.69, 9.17) is 14.2 Å². The number of carbonyl (C=O) groups excluding carboxylic acids is 1. The second kappa shape index (κ2) is 7.09. The fourth-order valence-electron chi connectivity index (χ4n) is 3.85. The average Bonchev–Trinajstić information content (AvgIpc) is 3.17. The quantitative estimate of drug-likeness (QED) is 0.863. The van der Waals surface area contributed by atoms with Crippen LogP contribution >= 0.6 is 0 Å². The molecule has 3 aliphatic heterocycles. The van der Waals surface area contributed by atoms with Gasteiger partial charge in [-0.25, -0.2) is 0 Å². The number of benzene rings is 1. The Bertz CT molecular complexity index is 628. The van der Waals surface area contributed by atoms with Gasteiger partial charge in [0.15, 0.2) is 11.5 Å². The number of methoxy groups -OCH3 is 1. The van der Waals surface area contributed by atoms with Crippen LogP contribution in [0.2, 0.25) is 0 Å². The van der Waals surface area contributed by atoms with Crippen LogP contribution in [0.25, 0.3) is 0 Å². The van der Waals surface area contributed by atoms with Gasteiger partial charge in [-0.15, -0.1) is 0 Å². The molecule has 0 radical (unpaired) electrons. The molecule has 0 bridgehead atoms. The maximum absolute atomic E-state index is 13.0. The van der Waals surface area contributed by atoms with Crippen LogP contribution < -0.4 is 19.5 Å². The van der Waals surface area contributed by atoms with Crippen molar-refractivity contribution in [3.8, 4) is 17.2 Å². The Kier molecular flexibility index (Phi) is 4.67. The van der Waals surface area contributed by atoms with Crippen molar-refractivity contribution in [2.24, 2.45) is 0 Å². The van der Waals surface area contributed by atoms with E-state index in [9.17, 15) is 4.79 Å². The fraction of sp³-hybridized carbons (Fsp3) is 0.611. The molecule has 1 aromatic rings. The Morgan fingerprint density at radius 2 is 2.00 bits per heavy atom. The minimum atomic E-state index is 0.0351. The van der Waals surface area contributed by atoms with Crippen molar-refractivity contribution in [1.82, 2.24) is 15.1 Å². The molecule has 3 aliphatic rings. The third-order valence-corrected chi connectivity index (χ3v) is 5.19. The van der Waals surface area contributed by atoms with Crippen LogP contribution in [0, 0.1) is 0 Å². The zero-order valence-corrected chi connectivity index (χ0v) is 14.6. The first-order valence-electron chi connectivity index (χ1n) is 8.98. The predicted octanol–water partition coefficient (Wildman–Crippen LogP) is 0.586. The zero-order valence-electron chi connectivity index (χ0n) is 14.6. The Morgan fingerprint density at radius 1 is 1.20 bits per heavy atom. The predicted molar refractivity (Wildman–Crippen MR) is 92.7 cm³/mol. The summed E-state index contributed by atoms with van der Waals surface area (Å²) in [7, 11) is 1.58. The minimum absolute atomic E-state index is 0.0351. The molecule has 4 rings (SSSR count). The number of carbonyl (C=O) groups is 1. The largest absolute Gasteiger partial charge is 0.493 e. The normalized spacial score (nSPS) is 23.6. The van der Waals surface area contributed by atoms with Gasteiger partial charge in [-0.3, -0.25) is 9.69 Å². The Balaban J connectivity index is 1.49. The molecule has 136 valence electrons. The van der Waals surface area contributed by atoms with Gasteiger partial charge in [0.2, 0.25) is 5.75 Å². The summed E-state index contributed by atoms with van der Waals surface area (Å²) in [6.07, 6.45) is 1.04. The highest BCUT2D eigenvalue weighted by molar-refractivity contribution is 5.96. The molecule has 2 fully saturated rings. The molecule has 1 N–H and O–H groups in total. The van der Waals surface area contributed by atoms with Gasteiger partial charge in [-0.1, -0.05) is 0 Å². The molecule has 1 atom stereocenters. The number of rotatable bonds is 3. The minimum Gasteiger partial charge on any atom is -0.493 e. The molecule has 1 amide bonds. The topological polar surface area (TPSA) is 63.3 Å². The SMILES string of the molecule is COc1cc(C(=O)N2CCC(N3CCNCC3)C2)cc2c1OCCO2. The number of nitrogens with zero attached hydrogens (tertiary/aromatic N) is 2. The average molecular weight is 347 g/mol. The zero-order chi connectivity index (χ0) is 17.2. The number of hydrogen-bond donors (Lipinski definition) is 1. The van der Waals surface area contributed by atoms with Gasteiger partial charge < -0.3 is 24.4 Å². The van der Waals surface area contributed by atoms with Crippen LogP contribution in [-0.2, 0) is 0 Å². The molecule has 0 spiro atoms. The van der Waals surface area contributed by atoms with E-state index >= 15 is 0 Å². The molecule has 7 heteroatoms. The van der Waals surface area contributed by atoms with E-state index in [2.05, 4.69) is 10.2 Å². The Labute approximate surface area is 147 Å². The van der Waals surface area contributed by atoms with Crippen LogP contribution in [0.5, 0.6) is 17.2 Å². The van der Waals surface area contributed by atoms with Gasteiger partial charge in [-0.2, -0.15) is 0 Å². The molecule has 1 aromatic carbocycles. The first-order valence-corrected chi connectivity index (χ1v) is 8.98. The van der Waals surface area contributed by atoms with E-state index in [1.807, 2.05) is 4.90 Å². The van der Waals surface area contributed by atoms with Crippen molar-refractivity contribution < 1.29 is 19.0 Å². The molecule has 3 heterocycles. The van der Waals surface area contributed by atoms with E-state index in [1.54, 1.807) is 19.2 Å². The van der Waals surface area contributed by atoms with Crippen LogP contribution in [0.4, 0.5) is 0 Å². The molecule has 0 saturated carbocycles. The molecule has 0 aromatic heterocycles. The standard InChI is InChI=1S/C18H25N3O4/c1-23-15-10-13(11-16-17(15)25-9-8-24-16)18(22)21-5-2-14(12-21)20-6-3-19-4-7-20/h10-11,14,19H,2-9,12H2,1H3. The smallest absolute Gasteiger partial charge is 0.254 e. The monoisotopic (exact) mass is 347 g/mol. The number of ether oxygens (including phenoxy) is 3. The lowest BCUT2D eigenvalue weighted by molar-refractivity contribution is 0.0771. The summed E-state index contributed by atoms with van der Waals surface area (Å²) in [6.45, 7) is 6.75. The Morgan fingerprint density at radius 3 is 2.80 bits per heavy atom. The summed E-state index contributed by atoms with van der Waals surface area (Å²) < 4.78 is 16.7. The maximum atomic E-state index is 13.0. The molecule has 2 saturated heterocycles. The highest BCUT2D eigenvalue weighted by atomic mass is 16.6. The number of amides is 1. The number of hydrogen-bond acceptors (Lipinski definition) is 6. The highest BCUT2D eigenvalue weighted by Gasteiger charge is 2.32. The van der Waals surface area contributed by atoms with Crippen LogP contribution in [-0.4, -0.2) is 81.3 Å². The van der Waals surface area contributed by atoms with Crippen LogP contribution in [0.3, 0.4) is 0 Å². The number of piperazine rings is 1. The second-order valence-electron chi connectivity index (χ2n) is 6.68. The lowest BCUT2D eigenvalue weighted by Gasteiger charge is -2.32. The summed E-state index contributed by atoms with van der Waals surface area (Å²) in [5, 5.41) is 3.38. The summed E-state index contributed by atoms with van der Waals surface area (Å²) in [5.74, 6) is 1.77. The van der Waals surface area contributed by atoms with Crippen LogP contribution in [0.1, 0.15) is 16.8 Å². The van der Waals surface area contributed by atoms with Crippen molar-refractivity contribution in [1.29, 1.82) is 0 Å². The summed E-state index contributed by atoms with van der Waals surface area (Å²) in [5.41, 5.74) is 0.599. The third kappa shape index (κ3) is 3.26. The van der Waals surface area contributed by atoms with Crippen molar-refractivity contribution in [2.45, 2.75) is 12.5 Å². The van der Waals surface area contributed by atoms with E-state index in [1.165, 1.54) is 0 Å². The van der Waals surface area contributed by atoms with Gasteiger partial charge in [0.25, 0.3) is 5.91 Å². The first kappa shape index (κ1) is 16.5. The Hall–Kier alpha value is -1.99. The number of nitrogens with one attached hydrogen (secondary N) is 1. The third-order valence-electron chi connectivity index (χ3n) is 5.19. The van der Waals surface area contributed by atoms with Gasteiger partial charge >= 0.3 is 0 Å². The summed E-state index contributed by atoms with van der Waals surface area (Å²) in [4.78, 5) is 17.4. The van der Waals surface area contributed by atoms with E-state index in [0.29, 0.717) is 42.1 Å². The fourth-order valence-corrected chi connectivity index (χ4v) is 3.85. The van der Waals surface area contributed by atoms with Crippen molar-refractivity contribution in [2.75, 3.05) is 59.6 Å². The van der Waals surface area contributed by atoms with Gasteiger partial charge in [-0.05, 0) is 18.6 Å². The van der Waals surface area contributed by atoms with E-state index < -0.39 is 0 Å². The summed E-state index contributed by atoms with van der Waals surface area (Å²) >= 11 is 0. The molecule has 0 aliphatic carbocycles. The van der Waals surface area contributed by atoms with Gasteiger partial charge in [0.05, 0.1) is 7.11 Å². The molecular formula is C18H25N3O4. The number of fused-ring (bicyclic) bond motifs is 1. The van der Waals surface area contributed by atoms with Crippen molar-refractivity contribution in [3.05, 3.63) is 17.7 Å². The lowest BCUT2D eigenvalue weighted by Crippen LogP contribution is -2.49. The lowest BCUT2D eigenvalue weighted by atomic mass is 10.1. The molecular weight excluding hydrogens is 322 g/mol.